The van der Waals surface area contributed by atoms with Gasteiger partial charge in [-0.25, -0.2) is 9.18 Å². The smallest absolute Gasteiger partial charge is 0.326 e. The number of aliphatic carboxylic acids is 1. The summed E-state index contributed by atoms with van der Waals surface area (Å²) in [5.41, 5.74) is 0.522. The molecule has 2 N–H and O–H groups in total. The Morgan fingerprint density at radius 1 is 1.53 bits per heavy atom. The van der Waals surface area contributed by atoms with Gasteiger partial charge in [0.2, 0.25) is 0 Å². The second kappa shape index (κ2) is 3.88. The van der Waals surface area contributed by atoms with Gasteiger partial charge in [-0.05, 0) is 37.0 Å². The maximum absolute atomic E-state index is 12.8. The average molecular weight is 209 g/mol. The number of hydrogen-bond acceptors (Lipinski definition) is 2. The number of hydrogen-bond donors (Lipinski definition) is 2. The van der Waals surface area contributed by atoms with Gasteiger partial charge in [0.05, 0.1) is 0 Å². The molecule has 4 heteroatoms. The molecule has 1 atom stereocenters. The lowest BCUT2D eigenvalue weighted by atomic mass is 10.1. The normalized spacial score (nSPS) is 17.1. The summed E-state index contributed by atoms with van der Waals surface area (Å²) in [6, 6.07) is 5.27. The largest absolute Gasteiger partial charge is 0.480 e. The fourth-order valence-electron chi connectivity index (χ4n) is 1.57. The van der Waals surface area contributed by atoms with Gasteiger partial charge in [0.25, 0.3) is 0 Å². The molecule has 0 aliphatic heterocycles. The first-order chi connectivity index (χ1) is 7.16. The van der Waals surface area contributed by atoms with E-state index in [2.05, 4.69) is 5.32 Å². The number of anilines is 1. The van der Waals surface area contributed by atoms with Crippen molar-refractivity contribution in [3.63, 3.8) is 0 Å². The Kier molecular flexibility index (Phi) is 2.58. The Bertz CT molecular complexity index is 377. The van der Waals surface area contributed by atoms with E-state index >= 15 is 0 Å². The zero-order chi connectivity index (χ0) is 10.8. The van der Waals surface area contributed by atoms with Gasteiger partial charge in [-0.2, -0.15) is 0 Å². The van der Waals surface area contributed by atoms with Crippen LogP contribution < -0.4 is 5.32 Å². The van der Waals surface area contributed by atoms with Crippen LogP contribution in [0.4, 0.5) is 10.1 Å². The first-order valence-electron chi connectivity index (χ1n) is 4.92. The molecule has 1 unspecified atom stereocenters. The summed E-state index contributed by atoms with van der Waals surface area (Å²) in [7, 11) is 0. The highest BCUT2D eigenvalue weighted by Crippen LogP contribution is 2.34. The highest BCUT2D eigenvalue weighted by Gasteiger charge is 2.36. The van der Waals surface area contributed by atoms with Crippen molar-refractivity contribution in [1.82, 2.24) is 0 Å². The van der Waals surface area contributed by atoms with Gasteiger partial charge in [0.1, 0.15) is 11.9 Å². The predicted molar refractivity (Wildman–Crippen MR) is 54.2 cm³/mol. The molecule has 80 valence electrons. The van der Waals surface area contributed by atoms with Crippen LogP contribution in [0.3, 0.4) is 0 Å². The summed E-state index contributed by atoms with van der Waals surface area (Å²) in [6.07, 6.45) is 1.86. The van der Waals surface area contributed by atoms with E-state index in [0.717, 1.165) is 12.8 Å². The first kappa shape index (κ1) is 9.96. The summed E-state index contributed by atoms with van der Waals surface area (Å²) in [4.78, 5) is 10.9. The van der Waals surface area contributed by atoms with Crippen LogP contribution in [-0.4, -0.2) is 17.1 Å². The molecule has 0 radical (unpaired) electrons. The van der Waals surface area contributed by atoms with E-state index in [-0.39, 0.29) is 11.7 Å². The second-order valence-electron chi connectivity index (χ2n) is 3.81. The molecule has 0 bridgehead atoms. The number of nitrogens with one attached hydrogen (secondary N) is 1. The second-order valence-corrected chi connectivity index (χ2v) is 3.81. The predicted octanol–water partition coefficient (Wildman–Crippen LogP) is 2.10. The van der Waals surface area contributed by atoms with Crippen molar-refractivity contribution >= 4 is 11.7 Å². The van der Waals surface area contributed by atoms with Gasteiger partial charge in [0, 0.05) is 5.69 Å². The van der Waals surface area contributed by atoms with Crippen LogP contribution in [0, 0.1) is 11.7 Å². The van der Waals surface area contributed by atoms with Crippen molar-refractivity contribution in [2.75, 3.05) is 5.32 Å². The van der Waals surface area contributed by atoms with Gasteiger partial charge < -0.3 is 10.4 Å². The minimum Gasteiger partial charge on any atom is -0.480 e. The van der Waals surface area contributed by atoms with E-state index in [4.69, 9.17) is 5.11 Å². The Morgan fingerprint density at radius 2 is 2.27 bits per heavy atom. The van der Waals surface area contributed by atoms with Gasteiger partial charge in [-0.3, -0.25) is 0 Å². The molecular formula is C11H12FNO2. The highest BCUT2D eigenvalue weighted by atomic mass is 19.1. The fraction of sp³-hybridized carbons (Fsp3) is 0.364. The Hall–Kier alpha value is -1.58. The van der Waals surface area contributed by atoms with E-state index in [1.54, 1.807) is 12.1 Å². The zero-order valence-corrected chi connectivity index (χ0v) is 8.11. The molecule has 1 saturated carbocycles. The third-order valence-corrected chi connectivity index (χ3v) is 2.51. The molecule has 15 heavy (non-hydrogen) atoms. The molecule has 0 saturated heterocycles. The van der Waals surface area contributed by atoms with Crippen LogP contribution in [-0.2, 0) is 4.79 Å². The molecular weight excluding hydrogens is 197 g/mol. The minimum absolute atomic E-state index is 0.186. The van der Waals surface area contributed by atoms with Crippen LogP contribution in [0.1, 0.15) is 12.8 Å². The SMILES string of the molecule is O=C(O)C(Nc1cccc(F)c1)C1CC1. The van der Waals surface area contributed by atoms with Crippen LogP contribution in [0.5, 0.6) is 0 Å². The molecule has 1 aliphatic carbocycles. The van der Waals surface area contributed by atoms with Gasteiger partial charge in [-0.1, -0.05) is 6.07 Å². The standard InChI is InChI=1S/C11H12FNO2/c12-8-2-1-3-9(6-8)13-10(11(14)15)7-4-5-7/h1-3,6-7,10,13H,4-5H2,(H,14,15). The third-order valence-electron chi connectivity index (χ3n) is 2.51. The van der Waals surface area contributed by atoms with Crippen molar-refractivity contribution in [2.45, 2.75) is 18.9 Å². The molecule has 1 aromatic rings. The van der Waals surface area contributed by atoms with E-state index in [0.29, 0.717) is 5.69 Å². The summed E-state index contributed by atoms with van der Waals surface area (Å²) in [6.45, 7) is 0. The zero-order valence-electron chi connectivity index (χ0n) is 8.11. The van der Waals surface area contributed by atoms with Crippen molar-refractivity contribution in [3.05, 3.63) is 30.1 Å². The van der Waals surface area contributed by atoms with Crippen molar-refractivity contribution in [1.29, 1.82) is 0 Å². The molecule has 2 rings (SSSR count). The first-order valence-corrected chi connectivity index (χ1v) is 4.92. The fourth-order valence-corrected chi connectivity index (χ4v) is 1.57. The highest BCUT2D eigenvalue weighted by molar-refractivity contribution is 5.78. The lowest BCUT2D eigenvalue weighted by Crippen LogP contribution is -2.31. The quantitative estimate of drug-likeness (QED) is 0.798. The molecule has 0 heterocycles. The maximum atomic E-state index is 12.8. The summed E-state index contributed by atoms with van der Waals surface area (Å²) in [5.74, 6) is -1.05. The number of carboxylic acids is 1. The monoisotopic (exact) mass is 209 g/mol. The van der Waals surface area contributed by atoms with Crippen molar-refractivity contribution in [2.24, 2.45) is 5.92 Å². The molecule has 3 nitrogen and oxygen atoms in total. The number of benzene rings is 1. The molecule has 0 spiro atoms. The van der Waals surface area contributed by atoms with Crippen molar-refractivity contribution in [3.8, 4) is 0 Å². The van der Waals surface area contributed by atoms with E-state index < -0.39 is 12.0 Å². The number of halogens is 1. The lowest BCUT2D eigenvalue weighted by molar-refractivity contribution is -0.138. The van der Waals surface area contributed by atoms with Crippen LogP contribution in [0.25, 0.3) is 0 Å². The van der Waals surface area contributed by atoms with E-state index in [1.165, 1.54) is 12.1 Å². The number of rotatable bonds is 4. The van der Waals surface area contributed by atoms with Gasteiger partial charge in [-0.15, -0.1) is 0 Å². The van der Waals surface area contributed by atoms with E-state index in [1.807, 2.05) is 0 Å². The molecule has 1 aliphatic rings. The maximum Gasteiger partial charge on any atom is 0.326 e. The minimum atomic E-state index is -0.873. The Morgan fingerprint density at radius 3 is 2.80 bits per heavy atom. The van der Waals surface area contributed by atoms with E-state index in [9.17, 15) is 9.18 Å². The molecule has 1 aromatic carbocycles. The number of carbonyl (C=O) groups is 1. The van der Waals surface area contributed by atoms with Crippen LogP contribution in [0.15, 0.2) is 24.3 Å². The van der Waals surface area contributed by atoms with Crippen molar-refractivity contribution < 1.29 is 14.3 Å². The summed E-state index contributed by atoms with van der Waals surface area (Å²) >= 11 is 0. The van der Waals surface area contributed by atoms with Crippen LogP contribution in [0.2, 0.25) is 0 Å². The molecule has 0 amide bonds. The average Bonchev–Trinajstić information content (AvgIpc) is 2.97. The number of carboxylic acid groups (broad SMARTS) is 1. The van der Waals surface area contributed by atoms with Crippen LogP contribution >= 0.6 is 0 Å². The summed E-state index contributed by atoms with van der Waals surface area (Å²) < 4.78 is 12.8. The molecule has 0 aromatic heterocycles. The lowest BCUT2D eigenvalue weighted by Gasteiger charge is -2.14. The molecule has 1 fully saturated rings. The summed E-state index contributed by atoms with van der Waals surface area (Å²) in [5, 5.41) is 11.8. The van der Waals surface area contributed by atoms with Gasteiger partial charge >= 0.3 is 5.97 Å². The Labute approximate surface area is 86.9 Å². The van der Waals surface area contributed by atoms with Gasteiger partial charge in [0.15, 0.2) is 0 Å². The topological polar surface area (TPSA) is 49.3 Å². The Balaban J connectivity index is 2.08. The third kappa shape index (κ3) is 2.46.